The van der Waals surface area contributed by atoms with Crippen LogP contribution in [-0.4, -0.2) is 38.3 Å². The molecule has 3 aromatic carbocycles. The van der Waals surface area contributed by atoms with E-state index in [1.54, 1.807) is 28.8 Å². The third kappa shape index (κ3) is 5.80. The molecule has 1 saturated heterocycles. The average Bonchev–Trinajstić information content (AvgIpc) is 3.29. The fraction of sp³-hybridized carbons (Fsp3) is 0.219. The lowest BCUT2D eigenvalue weighted by Gasteiger charge is -2.27. The molecule has 7 nitrogen and oxygen atoms in total. The lowest BCUT2D eigenvalue weighted by atomic mass is 10.1. The highest BCUT2D eigenvalue weighted by Crippen LogP contribution is 2.28. The van der Waals surface area contributed by atoms with Gasteiger partial charge in [-0.2, -0.15) is 0 Å². The summed E-state index contributed by atoms with van der Waals surface area (Å²) in [6, 6.07) is 13.8. The van der Waals surface area contributed by atoms with Crippen LogP contribution in [0.3, 0.4) is 0 Å². The van der Waals surface area contributed by atoms with E-state index >= 15 is 4.39 Å². The van der Waals surface area contributed by atoms with E-state index in [-0.39, 0.29) is 58.5 Å². The molecular weight excluding hydrogens is 566 g/mol. The van der Waals surface area contributed by atoms with Crippen molar-refractivity contribution in [3.63, 3.8) is 0 Å². The SMILES string of the molecule is Cc1cc(F)c(COc2cccc(-c3ccc(Cc4nc5c(F)cc(C(=O)O)cc5n4C[C@@H]4CCO4)cc3F)n2)cc1F. The molecule has 1 aliphatic rings. The molecule has 0 saturated carbocycles. The number of ether oxygens (including phenoxy) is 2. The normalized spacial score (nSPS) is 14.6. The number of hydrogen-bond acceptors (Lipinski definition) is 5. The molecule has 1 fully saturated rings. The van der Waals surface area contributed by atoms with Crippen molar-refractivity contribution in [2.24, 2.45) is 0 Å². The van der Waals surface area contributed by atoms with Crippen molar-refractivity contribution in [1.29, 1.82) is 0 Å². The van der Waals surface area contributed by atoms with Gasteiger partial charge in [0.2, 0.25) is 5.88 Å². The van der Waals surface area contributed by atoms with E-state index < -0.39 is 29.2 Å². The van der Waals surface area contributed by atoms with Gasteiger partial charge in [0.1, 0.15) is 35.4 Å². The summed E-state index contributed by atoms with van der Waals surface area (Å²) < 4.78 is 71.1. The first kappa shape index (κ1) is 28.4. The van der Waals surface area contributed by atoms with Gasteiger partial charge in [0.25, 0.3) is 0 Å². The molecule has 0 unspecified atom stereocenters. The molecule has 43 heavy (non-hydrogen) atoms. The van der Waals surface area contributed by atoms with Gasteiger partial charge in [-0.05, 0) is 66.9 Å². The maximum absolute atomic E-state index is 15.4. The number of fused-ring (bicyclic) bond motifs is 1. The minimum absolute atomic E-state index is 0.0276. The van der Waals surface area contributed by atoms with Crippen LogP contribution in [0.1, 0.15) is 39.3 Å². The number of hydrogen-bond donors (Lipinski definition) is 1. The number of carboxylic acids is 1. The minimum Gasteiger partial charge on any atom is -0.478 e. The number of aromatic carboxylic acids is 1. The average molecular weight is 592 g/mol. The molecule has 0 aliphatic carbocycles. The van der Waals surface area contributed by atoms with Gasteiger partial charge in [-0.3, -0.25) is 0 Å². The largest absolute Gasteiger partial charge is 0.478 e. The Labute approximate surface area is 243 Å². The molecule has 5 aromatic rings. The Kier molecular flexibility index (Phi) is 7.57. The zero-order valence-corrected chi connectivity index (χ0v) is 22.9. The Balaban J connectivity index is 1.25. The van der Waals surface area contributed by atoms with Gasteiger partial charge in [0, 0.05) is 30.2 Å². The lowest BCUT2D eigenvalue weighted by molar-refractivity contribution is -0.0589. The van der Waals surface area contributed by atoms with Crippen molar-refractivity contribution in [2.75, 3.05) is 6.61 Å². The van der Waals surface area contributed by atoms with Gasteiger partial charge in [-0.25, -0.2) is 32.3 Å². The van der Waals surface area contributed by atoms with Crippen LogP contribution in [0.25, 0.3) is 22.3 Å². The maximum atomic E-state index is 15.4. The lowest BCUT2D eigenvalue weighted by Crippen LogP contribution is -2.31. The molecule has 0 bridgehead atoms. The Morgan fingerprint density at radius 1 is 1.00 bits per heavy atom. The van der Waals surface area contributed by atoms with Crippen LogP contribution < -0.4 is 4.74 Å². The highest BCUT2D eigenvalue weighted by atomic mass is 19.1. The standard InChI is InChI=1S/C32H25F4N3O4/c1-17-9-24(34)20(13-23(17)33)16-43-30-4-2-3-27(37-30)22-6-5-18(10-25(22)35)11-29-38-31-26(36)12-19(32(40)41)14-28(31)39(29)15-21-7-8-42-21/h2-6,9-10,12-14,21H,7-8,11,15-16H2,1H3,(H,40,41)/t21-/m0/s1. The number of carboxylic acid groups (broad SMARTS) is 1. The highest BCUT2D eigenvalue weighted by Gasteiger charge is 2.24. The Bertz CT molecular complexity index is 1870. The molecule has 1 aliphatic heterocycles. The number of nitrogens with zero attached hydrogens (tertiary/aromatic N) is 3. The van der Waals surface area contributed by atoms with E-state index in [1.165, 1.54) is 25.1 Å². The van der Waals surface area contributed by atoms with Crippen molar-refractivity contribution in [3.8, 4) is 17.1 Å². The van der Waals surface area contributed by atoms with E-state index in [0.717, 1.165) is 24.6 Å². The van der Waals surface area contributed by atoms with Crippen LogP contribution in [0.15, 0.2) is 60.7 Å². The van der Waals surface area contributed by atoms with Gasteiger partial charge in [-0.15, -0.1) is 0 Å². The maximum Gasteiger partial charge on any atom is 0.335 e. The number of pyridine rings is 1. The quantitative estimate of drug-likeness (QED) is 0.194. The molecule has 1 atom stereocenters. The number of imidazole rings is 1. The fourth-order valence-corrected chi connectivity index (χ4v) is 4.98. The van der Waals surface area contributed by atoms with Crippen LogP contribution in [0.4, 0.5) is 17.6 Å². The van der Waals surface area contributed by atoms with E-state index in [1.807, 2.05) is 0 Å². The van der Waals surface area contributed by atoms with E-state index in [2.05, 4.69) is 9.97 Å². The van der Waals surface area contributed by atoms with Crippen molar-refractivity contribution < 1.29 is 36.9 Å². The molecule has 0 amide bonds. The molecule has 6 rings (SSSR count). The van der Waals surface area contributed by atoms with Crippen LogP contribution in [0.2, 0.25) is 0 Å². The first-order valence-corrected chi connectivity index (χ1v) is 13.5. The van der Waals surface area contributed by atoms with Crippen molar-refractivity contribution in [2.45, 2.75) is 39.0 Å². The number of aryl methyl sites for hydroxylation is 1. The van der Waals surface area contributed by atoms with Crippen LogP contribution >= 0.6 is 0 Å². The number of aromatic nitrogens is 3. The van der Waals surface area contributed by atoms with Crippen LogP contribution in [0, 0.1) is 30.2 Å². The monoisotopic (exact) mass is 591 g/mol. The van der Waals surface area contributed by atoms with Gasteiger partial charge < -0.3 is 19.1 Å². The van der Waals surface area contributed by atoms with Crippen molar-refractivity contribution in [1.82, 2.24) is 14.5 Å². The van der Waals surface area contributed by atoms with E-state index in [9.17, 15) is 23.1 Å². The van der Waals surface area contributed by atoms with Crippen molar-refractivity contribution >= 4 is 17.0 Å². The molecule has 3 heterocycles. The predicted octanol–water partition coefficient (Wildman–Crippen LogP) is 6.62. The number of rotatable bonds is 9. The molecule has 1 N–H and O–H groups in total. The zero-order chi connectivity index (χ0) is 30.2. The molecule has 2 aromatic heterocycles. The second-order valence-corrected chi connectivity index (χ2v) is 10.4. The smallest absolute Gasteiger partial charge is 0.335 e. The molecule has 0 spiro atoms. The fourth-order valence-electron chi connectivity index (χ4n) is 4.98. The van der Waals surface area contributed by atoms with Gasteiger partial charge in [0.05, 0.1) is 29.4 Å². The molecule has 11 heteroatoms. The highest BCUT2D eigenvalue weighted by molar-refractivity contribution is 5.92. The third-order valence-corrected chi connectivity index (χ3v) is 7.41. The summed E-state index contributed by atoms with van der Waals surface area (Å²) in [5, 5.41) is 9.42. The van der Waals surface area contributed by atoms with Crippen LogP contribution in [0.5, 0.6) is 5.88 Å². The first-order chi connectivity index (χ1) is 20.7. The van der Waals surface area contributed by atoms with Gasteiger partial charge in [-0.1, -0.05) is 12.1 Å². The Morgan fingerprint density at radius 2 is 1.81 bits per heavy atom. The summed E-state index contributed by atoms with van der Waals surface area (Å²) in [6.45, 7) is 2.16. The summed E-state index contributed by atoms with van der Waals surface area (Å²) in [7, 11) is 0. The zero-order valence-electron chi connectivity index (χ0n) is 22.9. The van der Waals surface area contributed by atoms with Gasteiger partial charge >= 0.3 is 5.97 Å². The number of carbonyl (C=O) groups is 1. The van der Waals surface area contributed by atoms with Crippen LogP contribution in [-0.2, 0) is 24.3 Å². The number of halogens is 4. The topological polar surface area (TPSA) is 86.5 Å². The third-order valence-electron chi connectivity index (χ3n) is 7.41. The molecule has 220 valence electrons. The Morgan fingerprint density at radius 3 is 2.53 bits per heavy atom. The van der Waals surface area contributed by atoms with Gasteiger partial charge in [0.15, 0.2) is 5.82 Å². The van der Waals surface area contributed by atoms with Crippen molar-refractivity contribution in [3.05, 3.63) is 112 Å². The summed E-state index contributed by atoms with van der Waals surface area (Å²) in [5.74, 6) is -3.19. The number of benzene rings is 3. The predicted molar refractivity (Wildman–Crippen MR) is 149 cm³/mol. The second kappa shape index (κ2) is 11.5. The van der Waals surface area contributed by atoms with E-state index in [4.69, 9.17) is 9.47 Å². The summed E-state index contributed by atoms with van der Waals surface area (Å²) in [5.41, 5.74) is 1.39. The first-order valence-electron chi connectivity index (χ1n) is 13.5. The summed E-state index contributed by atoms with van der Waals surface area (Å²) in [6.07, 6.45) is 0.834. The Hall–Kier alpha value is -4.77. The molecule has 0 radical (unpaired) electrons. The summed E-state index contributed by atoms with van der Waals surface area (Å²) in [4.78, 5) is 20.3. The van der Waals surface area contributed by atoms with E-state index in [0.29, 0.717) is 30.1 Å². The molecular formula is C32H25F4N3O4. The second-order valence-electron chi connectivity index (χ2n) is 10.4. The minimum atomic E-state index is -1.26. The summed E-state index contributed by atoms with van der Waals surface area (Å²) >= 11 is 0.